The SMILES string of the molecule is Cc1oc2nc(S[C@H](C)C(=O)N3CCc4ccccc4C3)nc(NC(=O)c3ccccc3)c2c1C. The summed E-state index contributed by atoms with van der Waals surface area (Å²) in [6.07, 6.45) is 0.850. The van der Waals surface area contributed by atoms with Crippen LogP contribution in [0.2, 0.25) is 0 Å². The third-order valence-electron chi connectivity index (χ3n) is 6.35. The number of hydrogen-bond acceptors (Lipinski definition) is 6. The summed E-state index contributed by atoms with van der Waals surface area (Å²) in [5.41, 5.74) is 4.28. The van der Waals surface area contributed by atoms with Gasteiger partial charge in [-0.3, -0.25) is 9.59 Å². The third kappa shape index (κ3) is 4.66. The smallest absolute Gasteiger partial charge is 0.256 e. The predicted octanol–water partition coefficient (Wildman–Crippen LogP) is 5.16. The van der Waals surface area contributed by atoms with E-state index in [1.54, 1.807) is 12.1 Å². The molecule has 4 aromatic rings. The van der Waals surface area contributed by atoms with Crippen molar-refractivity contribution in [2.45, 2.75) is 44.1 Å². The van der Waals surface area contributed by atoms with E-state index >= 15 is 0 Å². The number of aryl methyl sites for hydroxylation is 2. The second-order valence-corrected chi connectivity index (χ2v) is 9.98. The van der Waals surface area contributed by atoms with E-state index in [4.69, 9.17) is 4.42 Å². The quantitative estimate of drug-likeness (QED) is 0.310. The highest BCUT2D eigenvalue weighted by molar-refractivity contribution is 8.00. The molecule has 0 saturated heterocycles. The van der Waals surface area contributed by atoms with Crippen LogP contribution >= 0.6 is 11.8 Å². The number of thioether (sulfide) groups is 1. The summed E-state index contributed by atoms with van der Waals surface area (Å²) in [4.78, 5) is 37.2. The van der Waals surface area contributed by atoms with Gasteiger partial charge in [-0.15, -0.1) is 0 Å². The van der Waals surface area contributed by atoms with Gasteiger partial charge in [0.15, 0.2) is 5.16 Å². The van der Waals surface area contributed by atoms with Gasteiger partial charge >= 0.3 is 0 Å². The molecule has 0 radical (unpaired) electrons. The van der Waals surface area contributed by atoms with E-state index in [0.717, 1.165) is 12.0 Å². The zero-order valence-electron chi connectivity index (χ0n) is 19.9. The Bertz CT molecular complexity index is 1420. The van der Waals surface area contributed by atoms with Crippen LogP contribution in [-0.4, -0.2) is 38.5 Å². The lowest BCUT2D eigenvalue weighted by molar-refractivity contribution is -0.131. The van der Waals surface area contributed by atoms with Crippen molar-refractivity contribution in [1.82, 2.24) is 14.9 Å². The Kier molecular flexibility index (Phi) is 6.30. The second-order valence-electron chi connectivity index (χ2n) is 8.68. The Morgan fingerprint density at radius 1 is 1.03 bits per heavy atom. The van der Waals surface area contributed by atoms with E-state index in [2.05, 4.69) is 27.4 Å². The molecule has 2 aromatic carbocycles. The molecule has 2 aromatic heterocycles. The normalized spacial score (nSPS) is 14.0. The number of amides is 2. The van der Waals surface area contributed by atoms with Crippen molar-refractivity contribution in [3.05, 3.63) is 82.6 Å². The number of aromatic nitrogens is 2. The van der Waals surface area contributed by atoms with Gasteiger partial charge in [0.05, 0.1) is 10.6 Å². The summed E-state index contributed by atoms with van der Waals surface area (Å²) in [6, 6.07) is 17.2. The van der Waals surface area contributed by atoms with Gasteiger partial charge in [-0.25, -0.2) is 4.98 Å². The number of furan rings is 1. The first kappa shape index (κ1) is 23.1. The van der Waals surface area contributed by atoms with Crippen molar-refractivity contribution in [2.75, 3.05) is 11.9 Å². The molecule has 178 valence electrons. The van der Waals surface area contributed by atoms with Crippen LogP contribution in [0.25, 0.3) is 11.1 Å². The minimum absolute atomic E-state index is 0.0369. The summed E-state index contributed by atoms with van der Waals surface area (Å²) in [7, 11) is 0. The monoisotopic (exact) mass is 486 g/mol. The van der Waals surface area contributed by atoms with Crippen molar-refractivity contribution in [3.63, 3.8) is 0 Å². The van der Waals surface area contributed by atoms with Crippen LogP contribution in [0.3, 0.4) is 0 Å². The number of fused-ring (bicyclic) bond motifs is 2. The average molecular weight is 487 g/mol. The maximum atomic E-state index is 13.2. The number of benzene rings is 2. The Morgan fingerprint density at radius 3 is 2.51 bits per heavy atom. The summed E-state index contributed by atoms with van der Waals surface area (Å²) in [5.74, 6) is 0.862. The molecule has 2 amide bonds. The van der Waals surface area contributed by atoms with Gasteiger partial charge in [-0.2, -0.15) is 4.98 Å². The van der Waals surface area contributed by atoms with E-state index in [-0.39, 0.29) is 11.8 Å². The molecule has 0 bridgehead atoms. The Balaban J connectivity index is 1.39. The van der Waals surface area contributed by atoms with E-state index in [9.17, 15) is 9.59 Å². The van der Waals surface area contributed by atoms with Gasteiger partial charge < -0.3 is 14.6 Å². The standard InChI is InChI=1S/C27H26N4O3S/c1-16-17(2)34-25-22(16)23(28-24(32)20-10-5-4-6-11-20)29-27(30-25)35-18(3)26(33)31-14-13-19-9-7-8-12-21(19)15-31/h4-12,18H,13-15H2,1-3H3,(H,28,29,30,32)/t18-/m1/s1. The molecule has 1 atom stereocenters. The summed E-state index contributed by atoms with van der Waals surface area (Å²) in [6.45, 7) is 6.93. The first-order valence-electron chi connectivity index (χ1n) is 11.6. The van der Waals surface area contributed by atoms with Gasteiger partial charge in [0.2, 0.25) is 11.6 Å². The molecule has 1 N–H and O–H groups in total. The topological polar surface area (TPSA) is 88.3 Å². The van der Waals surface area contributed by atoms with Crippen molar-refractivity contribution >= 4 is 40.5 Å². The van der Waals surface area contributed by atoms with Gasteiger partial charge in [0.25, 0.3) is 5.91 Å². The molecule has 0 saturated carbocycles. The predicted molar refractivity (Wildman–Crippen MR) is 137 cm³/mol. The van der Waals surface area contributed by atoms with E-state index in [1.807, 2.05) is 56.0 Å². The Morgan fingerprint density at radius 2 is 1.74 bits per heavy atom. The maximum absolute atomic E-state index is 13.2. The maximum Gasteiger partial charge on any atom is 0.256 e. The molecule has 7 nitrogen and oxygen atoms in total. The molecular formula is C27H26N4O3S. The molecule has 3 heterocycles. The van der Waals surface area contributed by atoms with Crippen LogP contribution < -0.4 is 5.32 Å². The molecule has 0 spiro atoms. The van der Waals surface area contributed by atoms with Gasteiger partial charge in [-0.05, 0) is 50.5 Å². The molecular weight excluding hydrogens is 460 g/mol. The molecule has 8 heteroatoms. The highest BCUT2D eigenvalue weighted by Gasteiger charge is 2.27. The van der Waals surface area contributed by atoms with E-state index < -0.39 is 5.25 Å². The fraction of sp³-hybridized carbons (Fsp3) is 0.259. The Hall–Kier alpha value is -3.65. The highest BCUT2D eigenvalue weighted by atomic mass is 32.2. The number of hydrogen-bond donors (Lipinski definition) is 1. The van der Waals surface area contributed by atoms with Gasteiger partial charge in [-0.1, -0.05) is 54.2 Å². The molecule has 35 heavy (non-hydrogen) atoms. The molecule has 5 rings (SSSR count). The minimum atomic E-state index is -0.396. The molecule has 0 fully saturated rings. The minimum Gasteiger partial charge on any atom is -0.443 e. The van der Waals surface area contributed by atoms with Gasteiger partial charge in [0, 0.05) is 24.2 Å². The lowest BCUT2D eigenvalue weighted by Gasteiger charge is -2.30. The number of carbonyl (C=O) groups is 2. The van der Waals surface area contributed by atoms with Crippen LogP contribution in [0.1, 0.15) is 39.7 Å². The highest BCUT2D eigenvalue weighted by Crippen LogP contribution is 2.33. The summed E-state index contributed by atoms with van der Waals surface area (Å²) >= 11 is 1.27. The van der Waals surface area contributed by atoms with Crippen LogP contribution in [0, 0.1) is 13.8 Å². The van der Waals surface area contributed by atoms with Crippen molar-refractivity contribution in [1.29, 1.82) is 0 Å². The summed E-state index contributed by atoms with van der Waals surface area (Å²) < 4.78 is 5.85. The van der Waals surface area contributed by atoms with Crippen LogP contribution in [0.15, 0.2) is 64.2 Å². The second kappa shape index (κ2) is 9.54. The average Bonchev–Trinajstić information content (AvgIpc) is 3.16. The zero-order chi connectivity index (χ0) is 24.5. The lowest BCUT2D eigenvalue weighted by atomic mass is 10.00. The zero-order valence-corrected chi connectivity index (χ0v) is 20.7. The van der Waals surface area contributed by atoms with Crippen molar-refractivity contribution in [3.8, 4) is 0 Å². The Labute approximate surface area is 207 Å². The molecule has 1 aliphatic rings. The fourth-order valence-electron chi connectivity index (χ4n) is 4.29. The van der Waals surface area contributed by atoms with Crippen LogP contribution in [0.4, 0.5) is 5.82 Å². The largest absolute Gasteiger partial charge is 0.443 e. The molecule has 0 aliphatic carbocycles. The number of nitrogens with one attached hydrogen (secondary N) is 1. The fourth-order valence-corrected chi connectivity index (χ4v) is 5.14. The molecule has 1 aliphatic heterocycles. The lowest BCUT2D eigenvalue weighted by Crippen LogP contribution is -2.40. The number of nitrogens with zero attached hydrogens (tertiary/aromatic N) is 3. The van der Waals surface area contributed by atoms with Crippen molar-refractivity contribution in [2.24, 2.45) is 0 Å². The van der Waals surface area contributed by atoms with Gasteiger partial charge in [0.1, 0.15) is 11.6 Å². The van der Waals surface area contributed by atoms with Crippen LogP contribution in [-0.2, 0) is 17.8 Å². The molecule has 0 unspecified atom stereocenters. The number of anilines is 1. The summed E-state index contributed by atoms with van der Waals surface area (Å²) in [5, 5.41) is 3.57. The third-order valence-corrected chi connectivity index (χ3v) is 7.30. The number of carbonyl (C=O) groups excluding carboxylic acids is 2. The van der Waals surface area contributed by atoms with E-state index in [1.165, 1.54) is 22.9 Å². The van der Waals surface area contributed by atoms with Crippen molar-refractivity contribution < 1.29 is 14.0 Å². The first-order valence-corrected chi connectivity index (χ1v) is 12.4. The van der Waals surface area contributed by atoms with Crippen LogP contribution in [0.5, 0.6) is 0 Å². The first-order chi connectivity index (χ1) is 16.9. The number of rotatable bonds is 5. The van der Waals surface area contributed by atoms with E-state index in [0.29, 0.717) is 46.5 Å².